The minimum Gasteiger partial charge on any atom is -0.228 e. The van der Waals surface area contributed by atoms with Crippen LogP contribution in [0, 0.1) is 11.6 Å². The second-order valence-electron chi connectivity index (χ2n) is 4.98. The summed E-state index contributed by atoms with van der Waals surface area (Å²) in [4.78, 5) is 0. The van der Waals surface area contributed by atoms with Gasteiger partial charge < -0.3 is 0 Å². The topological polar surface area (TPSA) is 34.1 Å². The van der Waals surface area contributed by atoms with Crippen LogP contribution in [0.25, 0.3) is 0 Å². The highest BCUT2D eigenvalue weighted by Crippen LogP contribution is 2.33. The van der Waals surface area contributed by atoms with Gasteiger partial charge in [-0.2, -0.15) is 0 Å². The Hall–Kier alpha value is -1.75. The van der Waals surface area contributed by atoms with E-state index in [1.165, 1.54) is 48.5 Å². The average Bonchev–Trinajstić information content (AvgIpc) is 2.47. The molecule has 0 heterocycles. The number of halogens is 2. The Balaban J connectivity index is 2.32. The summed E-state index contributed by atoms with van der Waals surface area (Å²) in [5.41, 5.74) is 1.07. The van der Waals surface area contributed by atoms with Crippen LogP contribution in [0.2, 0.25) is 0 Å². The van der Waals surface area contributed by atoms with E-state index >= 15 is 0 Å². The van der Waals surface area contributed by atoms with E-state index in [0.29, 0.717) is 11.1 Å². The van der Waals surface area contributed by atoms with Crippen molar-refractivity contribution in [1.82, 2.24) is 0 Å². The van der Waals surface area contributed by atoms with Crippen LogP contribution in [-0.4, -0.2) is 8.42 Å². The third-order valence-corrected chi connectivity index (χ3v) is 6.18. The summed E-state index contributed by atoms with van der Waals surface area (Å²) in [7, 11) is -3.52. The molecule has 0 saturated heterocycles. The zero-order valence-corrected chi connectivity index (χ0v) is 12.6. The van der Waals surface area contributed by atoms with Gasteiger partial charge in [0.25, 0.3) is 0 Å². The molecule has 2 aromatic carbocycles. The lowest BCUT2D eigenvalue weighted by Gasteiger charge is -2.19. The summed E-state index contributed by atoms with van der Waals surface area (Å²) in [6, 6.07) is 10.8. The quantitative estimate of drug-likeness (QED) is 0.848. The molecule has 0 N–H and O–H groups in total. The molecule has 2 aromatic rings. The Bertz CT molecular complexity index is 649. The Morgan fingerprint density at radius 3 is 1.29 bits per heavy atom. The SMILES string of the molecule is CC(c1ccc(F)cc1)S(=O)(=O)C(C)c1ccc(F)cc1. The van der Waals surface area contributed by atoms with Crippen molar-refractivity contribution in [3.8, 4) is 0 Å². The van der Waals surface area contributed by atoms with Crippen LogP contribution in [0.4, 0.5) is 8.78 Å². The molecule has 0 aliphatic rings. The molecule has 21 heavy (non-hydrogen) atoms. The third kappa shape index (κ3) is 3.29. The zero-order valence-electron chi connectivity index (χ0n) is 11.8. The second-order valence-corrected chi connectivity index (χ2v) is 7.57. The van der Waals surface area contributed by atoms with E-state index in [1.807, 2.05) is 0 Å². The van der Waals surface area contributed by atoms with Gasteiger partial charge in [-0.25, -0.2) is 17.2 Å². The van der Waals surface area contributed by atoms with Crippen molar-refractivity contribution in [2.75, 3.05) is 0 Å². The first-order valence-electron chi connectivity index (χ1n) is 6.56. The van der Waals surface area contributed by atoms with Gasteiger partial charge in [-0.05, 0) is 49.2 Å². The Morgan fingerprint density at radius 2 is 1.00 bits per heavy atom. The van der Waals surface area contributed by atoms with Crippen molar-refractivity contribution in [1.29, 1.82) is 0 Å². The first-order chi connectivity index (χ1) is 9.82. The normalized spacial score (nSPS) is 14.7. The monoisotopic (exact) mass is 310 g/mol. The van der Waals surface area contributed by atoms with E-state index in [0.717, 1.165) is 0 Å². The van der Waals surface area contributed by atoms with Gasteiger partial charge >= 0.3 is 0 Å². The molecular weight excluding hydrogens is 294 g/mol. The number of sulfone groups is 1. The highest BCUT2D eigenvalue weighted by atomic mass is 32.2. The van der Waals surface area contributed by atoms with Gasteiger partial charge in [0.05, 0.1) is 10.5 Å². The minimum absolute atomic E-state index is 0.407. The van der Waals surface area contributed by atoms with E-state index in [-0.39, 0.29) is 0 Å². The molecule has 2 rings (SSSR count). The van der Waals surface area contributed by atoms with Gasteiger partial charge in [-0.1, -0.05) is 24.3 Å². The highest BCUT2D eigenvalue weighted by Gasteiger charge is 2.30. The number of benzene rings is 2. The van der Waals surface area contributed by atoms with Crippen molar-refractivity contribution >= 4 is 9.84 Å². The van der Waals surface area contributed by atoms with Crippen LogP contribution in [0.15, 0.2) is 48.5 Å². The summed E-state index contributed by atoms with van der Waals surface area (Å²) in [6.45, 7) is 3.14. The average molecular weight is 310 g/mol. The summed E-state index contributed by atoms with van der Waals surface area (Å²) in [6.07, 6.45) is 0. The standard InChI is InChI=1S/C16H16F2O2S/c1-11(13-3-7-15(17)8-4-13)21(19,20)12(2)14-5-9-16(18)10-6-14/h3-12H,1-2H3. The lowest BCUT2D eigenvalue weighted by molar-refractivity contribution is 0.574. The fraction of sp³-hybridized carbons (Fsp3) is 0.250. The third-order valence-electron chi connectivity index (χ3n) is 3.66. The maximum absolute atomic E-state index is 12.9. The van der Waals surface area contributed by atoms with Crippen LogP contribution < -0.4 is 0 Å². The molecule has 0 aromatic heterocycles. The molecule has 0 bridgehead atoms. The lowest BCUT2D eigenvalue weighted by atomic mass is 10.1. The molecule has 5 heteroatoms. The fourth-order valence-electron chi connectivity index (χ4n) is 2.15. The molecule has 0 aliphatic heterocycles. The predicted molar refractivity (Wildman–Crippen MR) is 78.5 cm³/mol. The Morgan fingerprint density at radius 1 is 0.714 bits per heavy atom. The molecule has 0 spiro atoms. The maximum Gasteiger partial charge on any atom is 0.163 e. The van der Waals surface area contributed by atoms with Gasteiger partial charge in [0.15, 0.2) is 9.84 Å². The van der Waals surface area contributed by atoms with Gasteiger partial charge in [0.1, 0.15) is 11.6 Å². The van der Waals surface area contributed by atoms with E-state index in [2.05, 4.69) is 0 Å². The van der Waals surface area contributed by atoms with Crippen LogP contribution in [-0.2, 0) is 9.84 Å². The molecule has 0 saturated carbocycles. The van der Waals surface area contributed by atoms with Crippen molar-refractivity contribution < 1.29 is 17.2 Å². The van der Waals surface area contributed by atoms with Crippen molar-refractivity contribution in [2.45, 2.75) is 24.3 Å². The number of hydrogen-bond acceptors (Lipinski definition) is 2. The zero-order chi connectivity index (χ0) is 15.6. The summed E-state index contributed by atoms with van der Waals surface area (Å²) < 4.78 is 51.1. The fourth-order valence-corrected chi connectivity index (χ4v) is 3.84. The number of hydrogen-bond donors (Lipinski definition) is 0. The first-order valence-corrected chi connectivity index (χ1v) is 8.17. The molecule has 112 valence electrons. The molecule has 2 unspecified atom stereocenters. The van der Waals surface area contributed by atoms with Gasteiger partial charge in [-0.15, -0.1) is 0 Å². The largest absolute Gasteiger partial charge is 0.228 e. The van der Waals surface area contributed by atoms with E-state index in [1.54, 1.807) is 13.8 Å². The van der Waals surface area contributed by atoms with E-state index in [9.17, 15) is 17.2 Å². The van der Waals surface area contributed by atoms with E-state index < -0.39 is 32.0 Å². The van der Waals surface area contributed by atoms with Crippen molar-refractivity contribution in [3.63, 3.8) is 0 Å². The molecule has 0 radical (unpaired) electrons. The summed E-state index contributed by atoms with van der Waals surface area (Å²) >= 11 is 0. The first kappa shape index (κ1) is 15.6. The molecule has 0 fully saturated rings. The molecule has 2 atom stereocenters. The molecule has 0 aliphatic carbocycles. The van der Waals surface area contributed by atoms with Gasteiger partial charge in [0.2, 0.25) is 0 Å². The van der Waals surface area contributed by atoms with Crippen LogP contribution >= 0.6 is 0 Å². The second kappa shape index (κ2) is 5.93. The summed E-state index contributed by atoms with van der Waals surface area (Å²) in [5.74, 6) is -0.815. The Kier molecular flexibility index (Phi) is 4.42. The highest BCUT2D eigenvalue weighted by molar-refractivity contribution is 7.91. The maximum atomic E-state index is 12.9. The smallest absolute Gasteiger partial charge is 0.163 e. The van der Waals surface area contributed by atoms with Crippen LogP contribution in [0.5, 0.6) is 0 Å². The van der Waals surface area contributed by atoms with E-state index in [4.69, 9.17) is 0 Å². The van der Waals surface area contributed by atoms with Crippen molar-refractivity contribution in [3.05, 3.63) is 71.3 Å². The van der Waals surface area contributed by atoms with Gasteiger partial charge in [0, 0.05) is 0 Å². The molecule has 0 amide bonds. The molecule has 2 nitrogen and oxygen atoms in total. The molecular formula is C16H16F2O2S. The van der Waals surface area contributed by atoms with Crippen LogP contribution in [0.3, 0.4) is 0 Å². The minimum atomic E-state index is -3.52. The summed E-state index contributed by atoms with van der Waals surface area (Å²) in [5, 5.41) is -1.53. The van der Waals surface area contributed by atoms with Crippen LogP contribution in [0.1, 0.15) is 35.5 Å². The van der Waals surface area contributed by atoms with Crippen molar-refractivity contribution in [2.24, 2.45) is 0 Å². The predicted octanol–water partition coefficient (Wildman–Crippen LogP) is 4.20. The Labute approximate surface area is 123 Å². The lowest BCUT2D eigenvalue weighted by Crippen LogP contribution is -2.17. The van der Waals surface area contributed by atoms with Gasteiger partial charge in [-0.3, -0.25) is 0 Å². The number of rotatable bonds is 4.